The third kappa shape index (κ3) is 2.92. The Bertz CT molecular complexity index is 353. The van der Waals surface area contributed by atoms with Crippen LogP contribution in [0.3, 0.4) is 0 Å². The summed E-state index contributed by atoms with van der Waals surface area (Å²) < 4.78 is 1.03. The van der Waals surface area contributed by atoms with Crippen LogP contribution in [0.1, 0.15) is 22.2 Å². The maximum Gasteiger partial charge on any atom is 0.264 e. The first-order chi connectivity index (χ1) is 7.10. The van der Waals surface area contributed by atoms with Gasteiger partial charge in [-0.3, -0.25) is 4.79 Å². The minimum Gasteiger partial charge on any atom is -0.335 e. The number of carbonyl (C=O) groups is 1. The Balaban J connectivity index is 2.87. The number of halogens is 1. The Morgan fingerprint density at radius 2 is 2.40 bits per heavy atom. The van der Waals surface area contributed by atoms with Crippen molar-refractivity contribution in [3.63, 3.8) is 0 Å². The van der Waals surface area contributed by atoms with Crippen LogP contribution >= 0.6 is 27.3 Å². The molecule has 15 heavy (non-hydrogen) atoms. The SMILES string of the molecule is C=CCN(CC)C(=O)c1cc(C)c(Br)s1. The average molecular weight is 288 g/mol. The second-order valence-corrected chi connectivity index (χ2v) is 5.57. The van der Waals surface area contributed by atoms with Crippen LogP contribution < -0.4 is 0 Å². The number of likely N-dealkylation sites (N-methyl/N-ethyl adjacent to an activating group) is 1. The normalized spacial score (nSPS) is 10.1. The molecule has 2 nitrogen and oxygen atoms in total. The highest BCUT2D eigenvalue weighted by molar-refractivity contribution is 9.11. The molecule has 0 unspecified atom stereocenters. The van der Waals surface area contributed by atoms with Gasteiger partial charge in [-0.2, -0.15) is 0 Å². The highest BCUT2D eigenvalue weighted by atomic mass is 79.9. The van der Waals surface area contributed by atoms with Crippen LogP contribution in [-0.4, -0.2) is 23.9 Å². The highest BCUT2D eigenvalue weighted by Crippen LogP contribution is 2.28. The van der Waals surface area contributed by atoms with E-state index in [1.807, 2.05) is 19.9 Å². The van der Waals surface area contributed by atoms with Crippen LogP contribution in [0.25, 0.3) is 0 Å². The summed E-state index contributed by atoms with van der Waals surface area (Å²) in [5.74, 6) is 0.0798. The molecule has 0 N–H and O–H groups in total. The largest absolute Gasteiger partial charge is 0.335 e. The summed E-state index contributed by atoms with van der Waals surface area (Å²) in [7, 11) is 0. The van der Waals surface area contributed by atoms with Gasteiger partial charge in [-0.25, -0.2) is 0 Å². The van der Waals surface area contributed by atoms with E-state index in [4.69, 9.17) is 0 Å². The predicted molar refractivity (Wildman–Crippen MR) is 68.5 cm³/mol. The van der Waals surface area contributed by atoms with Gasteiger partial charge < -0.3 is 4.90 Å². The maximum absolute atomic E-state index is 12.0. The van der Waals surface area contributed by atoms with E-state index in [1.54, 1.807) is 11.0 Å². The second kappa shape index (κ2) is 5.47. The Hall–Kier alpha value is -0.610. The number of carbonyl (C=O) groups excluding carboxylic acids is 1. The standard InChI is InChI=1S/C11H14BrNOS/c1-4-6-13(5-2)11(14)9-7-8(3)10(12)15-9/h4,7H,1,5-6H2,2-3H3. The van der Waals surface area contributed by atoms with E-state index >= 15 is 0 Å². The van der Waals surface area contributed by atoms with Gasteiger partial charge in [0.05, 0.1) is 8.66 Å². The first-order valence-corrected chi connectivity index (χ1v) is 6.37. The van der Waals surface area contributed by atoms with Crippen LogP contribution in [0.15, 0.2) is 22.5 Å². The van der Waals surface area contributed by atoms with E-state index in [9.17, 15) is 4.79 Å². The highest BCUT2D eigenvalue weighted by Gasteiger charge is 2.16. The summed E-state index contributed by atoms with van der Waals surface area (Å²) in [6.45, 7) is 8.91. The Kier molecular flexibility index (Phi) is 4.54. The van der Waals surface area contributed by atoms with Crippen LogP contribution in [0.5, 0.6) is 0 Å². The van der Waals surface area contributed by atoms with Gasteiger partial charge in [-0.05, 0) is 41.4 Å². The van der Waals surface area contributed by atoms with Crippen molar-refractivity contribution in [2.45, 2.75) is 13.8 Å². The molecule has 0 fully saturated rings. The molecular weight excluding hydrogens is 274 g/mol. The van der Waals surface area contributed by atoms with E-state index in [1.165, 1.54) is 11.3 Å². The monoisotopic (exact) mass is 287 g/mol. The lowest BCUT2D eigenvalue weighted by molar-refractivity contribution is 0.0787. The molecule has 0 saturated heterocycles. The summed E-state index contributed by atoms with van der Waals surface area (Å²) in [5.41, 5.74) is 1.11. The summed E-state index contributed by atoms with van der Waals surface area (Å²) >= 11 is 4.91. The molecule has 1 amide bonds. The second-order valence-electron chi connectivity index (χ2n) is 3.20. The molecule has 0 saturated carbocycles. The van der Waals surface area contributed by atoms with Crippen LogP contribution in [-0.2, 0) is 0 Å². The molecule has 0 aliphatic rings. The van der Waals surface area contributed by atoms with Crippen LogP contribution in [0.4, 0.5) is 0 Å². The van der Waals surface area contributed by atoms with E-state index in [-0.39, 0.29) is 5.91 Å². The van der Waals surface area contributed by atoms with E-state index in [0.717, 1.165) is 14.2 Å². The molecule has 0 atom stereocenters. The van der Waals surface area contributed by atoms with Crippen molar-refractivity contribution in [3.05, 3.63) is 32.9 Å². The molecule has 0 aliphatic carbocycles. The Morgan fingerprint density at radius 1 is 1.73 bits per heavy atom. The van der Waals surface area contributed by atoms with Gasteiger partial charge in [-0.1, -0.05) is 6.08 Å². The Labute approximate surface area is 103 Å². The third-order valence-corrected chi connectivity index (χ3v) is 4.21. The van der Waals surface area contributed by atoms with E-state index in [2.05, 4.69) is 22.5 Å². The summed E-state index contributed by atoms with van der Waals surface area (Å²) in [4.78, 5) is 14.5. The molecule has 1 aromatic heterocycles. The van der Waals surface area contributed by atoms with Gasteiger partial charge in [0, 0.05) is 13.1 Å². The first kappa shape index (κ1) is 12.5. The molecule has 82 valence electrons. The number of rotatable bonds is 4. The van der Waals surface area contributed by atoms with Crippen molar-refractivity contribution in [2.24, 2.45) is 0 Å². The van der Waals surface area contributed by atoms with Crippen LogP contribution in [0, 0.1) is 6.92 Å². The minimum absolute atomic E-state index is 0.0798. The molecule has 4 heteroatoms. The van der Waals surface area contributed by atoms with Crippen molar-refractivity contribution in [1.29, 1.82) is 0 Å². The molecule has 1 heterocycles. The van der Waals surface area contributed by atoms with Crippen molar-refractivity contribution >= 4 is 33.2 Å². The fourth-order valence-corrected chi connectivity index (χ4v) is 2.74. The number of hydrogen-bond donors (Lipinski definition) is 0. The minimum atomic E-state index is 0.0798. The van der Waals surface area contributed by atoms with Crippen molar-refractivity contribution in [1.82, 2.24) is 4.90 Å². The molecule has 0 bridgehead atoms. The topological polar surface area (TPSA) is 20.3 Å². The molecule has 0 aliphatic heterocycles. The fourth-order valence-electron chi connectivity index (χ4n) is 1.23. The van der Waals surface area contributed by atoms with Gasteiger partial charge in [-0.15, -0.1) is 17.9 Å². The number of amides is 1. The smallest absolute Gasteiger partial charge is 0.264 e. The summed E-state index contributed by atoms with van der Waals surface area (Å²) in [6.07, 6.45) is 1.75. The van der Waals surface area contributed by atoms with Crippen molar-refractivity contribution < 1.29 is 4.79 Å². The lowest BCUT2D eigenvalue weighted by Crippen LogP contribution is -2.30. The molecular formula is C11H14BrNOS. The average Bonchev–Trinajstić information content (AvgIpc) is 2.55. The lowest BCUT2D eigenvalue weighted by atomic mass is 10.3. The van der Waals surface area contributed by atoms with Crippen LogP contribution in [0.2, 0.25) is 0 Å². The van der Waals surface area contributed by atoms with E-state index in [0.29, 0.717) is 13.1 Å². The summed E-state index contributed by atoms with van der Waals surface area (Å²) in [6, 6.07) is 1.92. The zero-order valence-corrected chi connectivity index (χ0v) is 11.3. The van der Waals surface area contributed by atoms with Gasteiger partial charge in [0.25, 0.3) is 5.91 Å². The number of nitrogens with zero attached hydrogens (tertiary/aromatic N) is 1. The fraction of sp³-hybridized carbons (Fsp3) is 0.364. The quantitative estimate of drug-likeness (QED) is 0.777. The summed E-state index contributed by atoms with van der Waals surface area (Å²) in [5, 5.41) is 0. The van der Waals surface area contributed by atoms with Gasteiger partial charge >= 0.3 is 0 Å². The van der Waals surface area contributed by atoms with E-state index < -0.39 is 0 Å². The molecule has 1 rings (SSSR count). The lowest BCUT2D eigenvalue weighted by Gasteiger charge is -2.17. The number of thiophene rings is 1. The molecule has 1 aromatic rings. The van der Waals surface area contributed by atoms with Crippen molar-refractivity contribution in [3.8, 4) is 0 Å². The zero-order chi connectivity index (χ0) is 11.4. The molecule has 0 radical (unpaired) electrons. The van der Waals surface area contributed by atoms with Crippen molar-refractivity contribution in [2.75, 3.05) is 13.1 Å². The molecule has 0 aromatic carbocycles. The third-order valence-electron chi connectivity index (χ3n) is 2.09. The first-order valence-electron chi connectivity index (χ1n) is 4.76. The predicted octanol–water partition coefficient (Wildman–Crippen LogP) is 3.47. The maximum atomic E-state index is 12.0. The number of hydrogen-bond acceptors (Lipinski definition) is 2. The Morgan fingerprint density at radius 3 is 2.80 bits per heavy atom. The number of aryl methyl sites for hydroxylation is 1. The van der Waals surface area contributed by atoms with Gasteiger partial charge in [0.2, 0.25) is 0 Å². The van der Waals surface area contributed by atoms with Gasteiger partial charge in [0.15, 0.2) is 0 Å². The van der Waals surface area contributed by atoms with Gasteiger partial charge in [0.1, 0.15) is 0 Å². The molecule has 0 spiro atoms. The zero-order valence-electron chi connectivity index (χ0n) is 8.92.